The molecule has 0 saturated carbocycles. The third-order valence-electron chi connectivity index (χ3n) is 3.06. The van der Waals surface area contributed by atoms with Crippen LogP contribution in [-0.4, -0.2) is 11.5 Å². The Labute approximate surface area is 152 Å². The SMILES string of the molecule is Cc1sc(NC(=O)[C@H](Cl)Oc2ccc(Cl)cc2Cl)c(C#N)c1C. The summed E-state index contributed by atoms with van der Waals surface area (Å²) in [5.41, 5.74) is -0.0437. The Bertz CT molecular complexity index is 799. The Kier molecular flexibility index (Phi) is 5.77. The maximum Gasteiger partial charge on any atom is 0.281 e. The number of alkyl halides is 1. The Balaban J connectivity index is 2.12. The molecule has 0 aliphatic heterocycles. The number of nitriles is 1. The van der Waals surface area contributed by atoms with Crippen molar-refractivity contribution in [2.45, 2.75) is 19.4 Å². The molecule has 0 unspecified atom stereocenters. The summed E-state index contributed by atoms with van der Waals surface area (Å²) in [7, 11) is 0. The number of hydrogen-bond donors (Lipinski definition) is 1. The van der Waals surface area contributed by atoms with E-state index in [1.165, 1.54) is 23.5 Å². The normalized spacial score (nSPS) is 11.7. The number of rotatable bonds is 4. The topological polar surface area (TPSA) is 62.1 Å². The Morgan fingerprint density at radius 3 is 2.70 bits per heavy atom. The van der Waals surface area contributed by atoms with E-state index in [0.29, 0.717) is 15.6 Å². The third-order valence-corrected chi connectivity index (χ3v) is 5.00. The highest BCUT2D eigenvalue weighted by Gasteiger charge is 2.22. The zero-order valence-electron chi connectivity index (χ0n) is 12.1. The molecule has 0 radical (unpaired) electrons. The predicted molar refractivity (Wildman–Crippen MR) is 93.9 cm³/mol. The average Bonchev–Trinajstić information content (AvgIpc) is 2.76. The number of carbonyl (C=O) groups excluding carboxylic acids is 1. The molecular formula is C15H11Cl3N2O2S. The number of ether oxygens (including phenoxy) is 1. The highest BCUT2D eigenvalue weighted by atomic mass is 35.5. The van der Waals surface area contributed by atoms with Crippen molar-refractivity contribution in [3.63, 3.8) is 0 Å². The van der Waals surface area contributed by atoms with Gasteiger partial charge in [-0.3, -0.25) is 4.79 Å². The van der Waals surface area contributed by atoms with Crippen LogP contribution in [0.1, 0.15) is 16.0 Å². The van der Waals surface area contributed by atoms with Crippen molar-refractivity contribution in [3.8, 4) is 11.8 Å². The van der Waals surface area contributed by atoms with Gasteiger partial charge in [-0.2, -0.15) is 5.26 Å². The van der Waals surface area contributed by atoms with Crippen LogP contribution >= 0.6 is 46.1 Å². The molecule has 1 aromatic heterocycles. The molecule has 0 aliphatic carbocycles. The molecule has 0 fully saturated rings. The molecule has 0 bridgehead atoms. The molecule has 1 heterocycles. The first-order valence-corrected chi connectivity index (χ1v) is 8.41. The van der Waals surface area contributed by atoms with E-state index in [1.54, 1.807) is 6.07 Å². The van der Waals surface area contributed by atoms with Gasteiger partial charge in [0.1, 0.15) is 16.8 Å². The van der Waals surface area contributed by atoms with Crippen molar-refractivity contribution in [1.29, 1.82) is 5.26 Å². The van der Waals surface area contributed by atoms with Crippen LogP contribution in [0.3, 0.4) is 0 Å². The van der Waals surface area contributed by atoms with Crippen LogP contribution < -0.4 is 10.1 Å². The Hall–Kier alpha value is -1.45. The van der Waals surface area contributed by atoms with E-state index in [4.69, 9.17) is 39.5 Å². The molecular weight excluding hydrogens is 379 g/mol. The minimum atomic E-state index is -1.30. The quantitative estimate of drug-likeness (QED) is 0.738. The lowest BCUT2D eigenvalue weighted by Crippen LogP contribution is -2.28. The maximum atomic E-state index is 12.1. The smallest absolute Gasteiger partial charge is 0.281 e. The van der Waals surface area contributed by atoms with E-state index < -0.39 is 11.5 Å². The fourth-order valence-corrected chi connectivity index (χ4v) is 3.37. The molecule has 8 heteroatoms. The number of aryl methyl sites for hydroxylation is 1. The first kappa shape index (κ1) is 17.9. The van der Waals surface area contributed by atoms with Crippen LogP contribution in [0.15, 0.2) is 18.2 Å². The Morgan fingerprint density at radius 2 is 2.09 bits per heavy atom. The van der Waals surface area contributed by atoms with Crippen molar-refractivity contribution in [1.82, 2.24) is 0 Å². The number of amides is 1. The van der Waals surface area contributed by atoms with Crippen molar-refractivity contribution >= 4 is 57.0 Å². The number of hydrogen-bond acceptors (Lipinski definition) is 4. The van der Waals surface area contributed by atoms with Crippen LogP contribution in [0.25, 0.3) is 0 Å². The zero-order valence-corrected chi connectivity index (χ0v) is 15.2. The summed E-state index contributed by atoms with van der Waals surface area (Å²) in [6.07, 6.45) is 0. The van der Waals surface area contributed by atoms with Crippen LogP contribution in [0.4, 0.5) is 5.00 Å². The summed E-state index contributed by atoms with van der Waals surface area (Å²) in [5.74, 6) is -0.347. The molecule has 1 amide bonds. The predicted octanol–water partition coefficient (Wildman–Crippen LogP) is 5.13. The van der Waals surface area contributed by atoms with Gasteiger partial charge >= 0.3 is 0 Å². The summed E-state index contributed by atoms with van der Waals surface area (Å²) in [6, 6.07) is 6.65. The van der Waals surface area contributed by atoms with Gasteiger partial charge in [0.05, 0.1) is 10.6 Å². The number of nitrogens with zero attached hydrogens (tertiary/aromatic N) is 1. The number of carbonyl (C=O) groups is 1. The molecule has 1 N–H and O–H groups in total. The highest BCUT2D eigenvalue weighted by Crippen LogP contribution is 2.32. The first-order chi connectivity index (χ1) is 10.8. The second-order valence-corrected chi connectivity index (χ2v) is 7.06. The second-order valence-electron chi connectivity index (χ2n) is 4.60. The Morgan fingerprint density at radius 1 is 1.39 bits per heavy atom. The van der Waals surface area contributed by atoms with Crippen LogP contribution in [0, 0.1) is 25.2 Å². The lowest BCUT2D eigenvalue weighted by molar-refractivity contribution is -0.119. The van der Waals surface area contributed by atoms with Gasteiger partial charge in [-0.05, 0) is 37.6 Å². The molecule has 4 nitrogen and oxygen atoms in total. The number of benzene rings is 1. The van der Waals surface area contributed by atoms with E-state index in [9.17, 15) is 10.1 Å². The second kappa shape index (κ2) is 7.41. The van der Waals surface area contributed by atoms with Crippen molar-refractivity contribution in [2.24, 2.45) is 0 Å². The van der Waals surface area contributed by atoms with Gasteiger partial charge in [0, 0.05) is 9.90 Å². The minimum absolute atomic E-state index is 0.241. The lowest BCUT2D eigenvalue weighted by Gasteiger charge is -2.13. The highest BCUT2D eigenvalue weighted by molar-refractivity contribution is 7.16. The zero-order chi connectivity index (χ0) is 17.1. The fraction of sp³-hybridized carbons (Fsp3) is 0.200. The summed E-state index contributed by atoms with van der Waals surface area (Å²) in [6.45, 7) is 3.70. The number of anilines is 1. The van der Waals surface area contributed by atoms with E-state index in [1.807, 2.05) is 13.8 Å². The molecule has 1 aromatic carbocycles. The molecule has 0 spiro atoms. The van der Waals surface area contributed by atoms with E-state index in [2.05, 4.69) is 11.4 Å². The molecule has 2 rings (SSSR count). The van der Waals surface area contributed by atoms with Crippen molar-refractivity contribution in [3.05, 3.63) is 44.2 Å². The van der Waals surface area contributed by atoms with Crippen LogP contribution in [-0.2, 0) is 4.79 Å². The average molecular weight is 390 g/mol. The monoisotopic (exact) mass is 388 g/mol. The molecule has 0 aliphatic rings. The van der Waals surface area contributed by atoms with Gasteiger partial charge < -0.3 is 10.1 Å². The van der Waals surface area contributed by atoms with E-state index >= 15 is 0 Å². The van der Waals surface area contributed by atoms with Crippen LogP contribution in [0.2, 0.25) is 10.0 Å². The van der Waals surface area contributed by atoms with E-state index in [0.717, 1.165) is 10.4 Å². The maximum absolute atomic E-state index is 12.1. The molecule has 1 atom stereocenters. The summed E-state index contributed by atoms with van der Waals surface area (Å²) >= 11 is 19.0. The molecule has 23 heavy (non-hydrogen) atoms. The first-order valence-electron chi connectivity index (χ1n) is 6.40. The van der Waals surface area contributed by atoms with Gasteiger partial charge in [-0.1, -0.05) is 34.8 Å². The van der Waals surface area contributed by atoms with Gasteiger partial charge in [-0.15, -0.1) is 11.3 Å². The van der Waals surface area contributed by atoms with E-state index in [-0.39, 0.29) is 10.8 Å². The molecule has 0 saturated heterocycles. The molecule has 2 aromatic rings. The molecule has 120 valence electrons. The lowest BCUT2D eigenvalue weighted by atomic mass is 10.2. The number of halogens is 3. The standard InChI is InChI=1S/C15H11Cl3N2O2S/c1-7-8(2)23-15(10(7)6-19)20-14(21)13(18)22-12-4-3-9(16)5-11(12)17/h3-5,13H,1-2H3,(H,20,21)/t13-/m1/s1. The largest absolute Gasteiger partial charge is 0.463 e. The van der Waals surface area contributed by atoms with Crippen molar-refractivity contribution in [2.75, 3.05) is 5.32 Å². The van der Waals surface area contributed by atoms with Gasteiger partial charge in [0.2, 0.25) is 0 Å². The minimum Gasteiger partial charge on any atom is -0.463 e. The third kappa shape index (κ3) is 4.10. The van der Waals surface area contributed by atoms with Gasteiger partial charge in [-0.25, -0.2) is 0 Å². The summed E-state index contributed by atoms with van der Waals surface area (Å²) < 4.78 is 5.33. The van der Waals surface area contributed by atoms with Crippen LogP contribution in [0.5, 0.6) is 5.75 Å². The number of thiophene rings is 1. The van der Waals surface area contributed by atoms with Gasteiger partial charge in [0.15, 0.2) is 0 Å². The summed E-state index contributed by atoms with van der Waals surface area (Å²) in [4.78, 5) is 13.1. The summed E-state index contributed by atoms with van der Waals surface area (Å²) in [5, 5.41) is 12.9. The van der Waals surface area contributed by atoms with Gasteiger partial charge in [0.25, 0.3) is 11.5 Å². The number of nitrogens with one attached hydrogen (secondary N) is 1. The fourth-order valence-electron chi connectivity index (χ4n) is 1.75. The van der Waals surface area contributed by atoms with Crippen molar-refractivity contribution < 1.29 is 9.53 Å².